The molecule has 256 valence electrons. The second-order valence-electron chi connectivity index (χ2n) is 12.9. The molecule has 0 radical (unpaired) electrons. The van der Waals surface area contributed by atoms with Gasteiger partial charge in [-0.25, -0.2) is 0 Å². The van der Waals surface area contributed by atoms with Crippen molar-refractivity contribution < 1.29 is 40.2 Å². The molecule has 6 aromatic carbocycles. The fraction of sp³-hybridized carbons (Fsp3) is 0.140. The van der Waals surface area contributed by atoms with Crippen molar-refractivity contribution in [1.29, 1.82) is 0 Å². The lowest BCUT2D eigenvalue weighted by Gasteiger charge is -2.30. The second kappa shape index (κ2) is 13.8. The number of rotatable bonds is 9. The van der Waals surface area contributed by atoms with Gasteiger partial charge < -0.3 is 35.4 Å². The Morgan fingerprint density at radius 2 is 1.08 bits per heavy atom. The van der Waals surface area contributed by atoms with E-state index in [1.807, 2.05) is 42.5 Å². The zero-order valence-electron chi connectivity index (χ0n) is 27.6. The average Bonchev–Trinajstić information content (AvgIpc) is 3.13. The fourth-order valence-corrected chi connectivity index (χ4v) is 6.79. The number of benzene rings is 6. The maximum atomic E-state index is 13.7. The number of phenols is 6. The number of phenolic OH excluding ortho intramolecular Hbond substituents is 6. The molecule has 0 spiro atoms. The maximum absolute atomic E-state index is 13.7. The molecule has 8 heteroatoms. The summed E-state index contributed by atoms with van der Waals surface area (Å²) in [6.07, 6.45) is -0.160. The van der Waals surface area contributed by atoms with Crippen LogP contribution in [-0.2, 0) is 25.7 Å². The molecule has 0 fully saturated rings. The van der Waals surface area contributed by atoms with Gasteiger partial charge in [-0.3, -0.25) is 4.79 Å². The van der Waals surface area contributed by atoms with Crippen LogP contribution in [0.15, 0.2) is 115 Å². The summed E-state index contributed by atoms with van der Waals surface area (Å²) in [5.41, 5.74) is 4.56. The monoisotopic (exact) mass is 680 g/mol. The molecule has 1 aliphatic rings. The molecule has 0 amide bonds. The quantitative estimate of drug-likeness (QED) is 0.0901. The van der Waals surface area contributed by atoms with E-state index in [9.17, 15) is 35.4 Å². The molecule has 51 heavy (non-hydrogen) atoms. The molecule has 0 saturated carbocycles. The number of hydrogen-bond acceptors (Lipinski definition) is 8. The smallest absolute Gasteiger partial charge is 0.174 e. The summed E-state index contributed by atoms with van der Waals surface area (Å²) >= 11 is 0. The first-order chi connectivity index (χ1) is 24.7. The lowest BCUT2D eigenvalue weighted by molar-refractivity contribution is 0.0842. The van der Waals surface area contributed by atoms with Gasteiger partial charge in [-0.2, -0.15) is 0 Å². The van der Waals surface area contributed by atoms with E-state index in [0.717, 1.165) is 11.1 Å². The molecule has 0 saturated heterocycles. The van der Waals surface area contributed by atoms with Crippen molar-refractivity contribution in [3.63, 3.8) is 0 Å². The fourth-order valence-electron chi connectivity index (χ4n) is 6.79. The number of para-hydroxylation sites is 3. The van der Waals surface area contributed by atoms with Gasteiger partial charge in [-0.1, -0.05) is 97.1 Å². The minimum atomic E-state index is -0.645. The molecule has 6 N–H and O–H groups in total. The number of aromatic hydroxyl groups is 6. The Morgan fingerprint density at radius 1 is 0.510 bits per heavy atom. The third-order valence-corrected chi connectivity index (χ3v) is 9.52. The number of hydrogen-bond donors (Lipinski definition) is 6. The Hall–Kier alpha value is -6.41. The van der Waals surface area contributed by atoms with Crippen molar-refractivity contribution in [3.8, 4) is 40.2 Å². The zero-order valence-corrected chi connectivity index (χ0v) is 27.6. The van der Waals surface area contributed by atoms with Crippen molar-refractivity contribution in [2.24, 2.45) is 0 Å². The summed E-state index contributed by atoms with van der Waals surface area (Å²) in [5.74, 6) is -0.885. The van der Waals surface area contributed by atoms with Crippen LogP contribution in [0, 0.1) is 0 Å². The van der Waals surface area contributed by atoms with Crippen LogP contribution in [0.5, 0.6) is 40.2 Å². The van der Waals surface area contributed by atoms with Gasteiger partial charge in [-0.15, -0.1) is 0 Å². The van der Waals surface area contributed by atoms with Crippen LogP contribution < -0.4 is 4.74 Å². The predicted molar refractivity (Wildman–Crippen MR) is 192 cm³/mol. The third-order valence-electron chi connectivity index (χ3n) is 9.52. The topological polar surface area (TPSA) is 148 Å². The molecule has 8 nitrogen and oxygen atoms in total. The summed E-state index contributed by atoms with van der Waals surface area (Å²) in [7, 11) is 0. The number of Topliss-reactive ketones (excluding diaryl/α,β-unsaturated/α-hetero) is 1. The summed E-state index contributed by atoms with van der Waals surface area (Å²) < 4.78 is 6.36. The Morgan fingerprint density at radius 3 is 1.76 bits per heavy atom. The number of carbonyl (C=O) groups is 1. The molecule has 1 atom stereocenters. The minimum absolute atomic E-state index is 0.000239. The molecule has 0 aromatic heterocycles. The summed E-state index contributed by atoms with van der Waals surface area (Å²) in [6, 6.07) is 33.3. The summed E-state index contributed by atoms with van der Waals surface area (Å²) in [6.45, 7) is 0. The highest BCUT2D eigenvalue weighted by Gasteiger charge is 2.36. The molecule has 0 bridgehead atoms. The lowest BCUT2D eigenvalue weighted by atomic mass is 9.87. The number of ketones is 1. The Kier molecular flexibility index (Phi) is 8.98. The van der Waals surface area contributed by atoms with Crippen molar-refractivity contribution in [1.82, 2.24) is 0 Å². The molecule has 1 heterocycles. The average molecular weight is 681 g/mol. The van der Waals surface area contributed by atoms with Crippen LogP contribution in [0.1, 0.15) is 73.0 Å². The highest BCUT2D eigenvalue weighted by Crippen LogP contribution is 2.50. The third kappa shape index (κ3) is 6.64. The van der Waals surface area contributed by atoms with Gasteiger partial charge in [0.25, 0.3) is 0 Å². The van der Waals surface area contributed by atoms with Crippen LogP contribution in [0.3, 0.4) is 0 Å². The van der Waals surface area contributed by atoms with Gasteiger partial charge in [0.15, 0.2) is 5.78 Å². The Bertz CT molecular complexity index is 2260. The highest BCUT2D eigenvalue weighted by molar-refractivity contribution is 6.04. The molecule has 6 aromatic rings. The van der Waals surface area contributed by atoms with Crippen LogP contribution in [-0.4, -0.2) is 36.4 Å². The van der Waals surface area contributed by atoms with Gasteiger partial charge in [0.05, 0.1) is 6.42 Å². The van der Waals surface area contributed by atoms with Gasteiger partial charge >= 0.3 is 0 Å². The van der Waals surface area contributed by atoms with Crippen molar-refractivity contribution in [2.45, 2.75) is 38.2 Å². The van der Waals surface area contributed by atoms with Crippen LogP contribution in [0.25, 0.3) is 0 Å². The highest BCUT2D eigenvalue weighted by atomic mass is 16.5. The van der Waals surface area contributed by atoms with E-state index in [1.54, 1.807) is 60.7 Å². The van der Waals surface area contributed by atoms with Crippen LogP contribution in [0.4, 0.5) is 0 Å². The molecule has 1 unspecified atom stereocenters. The standard InChI is InChI=1S/C43H36O8/c44-34-15-6-4-11-27(34)21-30-14-8-13-29(40(30)48)19-25-17-18-36(46)31(20-25)23-32-41(49)33(22-28-12-5-7-16-35(28)45)43-39(42(32)50)37(47)24-38(51-43)26-9-2-1-3-10-26/h1-18,20,38,44-46,48-50H,19,21-24H2. The summed E-state index contributed by atoms with van der Waals surface area (Å²) in [5, 5.41) is 66.4. The molecular formula is C43H36O8. The van der Waals surface area contributed by atoms with Crippen molar-refractivity contribution >= 4 is 5.78 Å². The van der Waals surface area contributed by atoms with E-state index in [2.05, 4.69) is 0 Å². The molecular weight excluding hydrogens is 644 g/mol. The Balaban J connectivity index is 1.25. The largest absolute Gasteiger partial charge is 0.508 e. The van der Waals surface area contributed by atoms with Gasteiger partial charge in [0, 0.05) is 36.8 Å². The van der Waals surface area contributed by atoms with Crippen molar-refractivity contribution in [2.75, 3.05) is 0 Å². The van der Waals surface area contributed by atoms with Gasteiger partial charge in [0.2, 0.25) is 0 Å². The first-order valence-electron chi connectivity index (χ1n) is 16.7. The Labute approximate surface area is 294 Å². The van der Waals surface area contributed by atoms with E-state index in [0.29, 0.717) is 40.7 Å². The minimum Gasteiger partial charge on any atom is -0.508 e. The maximum Gasteiger partial charge on any atom is 0.174 e. The van der Waals surface area contributed by atoms with E-state index in [4.69, 9.17) is 4.74 Å². The molecule has 0 aliphatic carbocycles. The van der Waals surface area contributed by atoms with Gasteiger partial charge in [-0.05, 0) is 57.1 Å². The number of ether oxygens (including phenoxy) is 1. The predicted octanol–water partition coefficient (Wildman–Crippen LogP) is 7.99. The normalized spacial score (nSPS) is 13.8. The lowest BCUT2D eigenvalue weighted by Crippen LogP contribution is -2.22. The van der Waals surface area contributed by atoms with E-state index in [-0.39, 0.29) is 76.2 Å². The molecule has 7 rings (SSSR count). The van der Waals surface area contributed by atoms with E-state index in [1.165, 1.54) is 12.1 Å². The molecule has 1 aliphatic heterocycles. The second-order valence-corrected chi connectivity index (χ2v) is 12.9. The SMILES string of the molecule is O=C1CC(c2ccccc2)Oc2c(Cc3ccccc3O)c(O)c(Cc3cc(Cc4cccc(Cc5ccccc5O)c4O)ccc3O)c(O)c21. The number of fused-ring (bicyclic) bond motifs is 1. The van der Waals surface area contributed by atoms with E-state index < -0.39 is 11.9 Å². The van der Waals surface area contributed by atoms with Crippen LogP contribution >= 0.6 is 0 Å². The first kappa shape index (κ1) is 33.1. The van der Waals surface area contributed by atoms with Crippen LogP contribution in [0.2, 0.25) is 0 Å². The van der Waals surface area contributed by atoms with Crippen molar-refractivity contribution in [3.05, 3.63) is 171 Å². The van der Waals surface area contributed by atoms with Gasteiger partial charge in [0.1, 0.15) is 51.9 Å². The zero-order chi connectivity index (χ0) is 35.6. The summed E-state index contributed by atoms with van der Waals surface area (Å²) in [4.78, 5) is 13.7. The number of carbonyl (C=O) groups excluding carboxylic acids is 1. The van der Waals surface area contributed by atoms with E-state index >= 15 is 0 Å². The first-order valence-corrected chi connectivity index (χ1v) is 16.7.